The van der Waals surface area contributed by atoms with Crippen molar-refractivity contribution in [3.8, 4) is 11.8 Å². The third kappa shape index (κ3) is 6.02. The van der Waals surface area contributed by atoms with Gasteiger partial charge >= 0.3 is 0 Å². The summed E-state index contributed by atoms with van der Waals surface area (Å²) in [5.74, 6) is 0.816. The molecule has 172 valence electrons. The maximum Gasteiger partial charge on any atom is 0.226 e. The molecule has 3 aromatic carbocycles. The number of nitrogens with one attached hydrogen (secondary N) is 2. The molecule has 0 unspecified atom stereocenters. The molecule has 0 aliphatic heterocycles. The van der Waals surface area contributed by atoms with E-state index in [1.165, 1.54) is 0 Å². The molecule has 34 heavy (non-hydrogen) atoms. The van der Waals surface area contributed by atoms with Crippen LogP contribution in [0.5, 0.6) is 11.8 Å². The van der Waals surface area contributed by atoms with Crippen molar-refractivity contribution in [2.45, 2.75) is 20.1 Å². The van der Waals surface area contributed by atoms with Crippen LogP contribution in [0.25, 0.3) is 0 Å². The van der Waals surface area contributed by atoms with Crippen LogP contribution in [0, 0.1) is 5.41 Å². The maximum atomic E-state index is 8.98. The summed E-state index contributed by atoms with van der Waals surface area (Å²) in [5.41, 5.74) is 4.65. The number of rotatable bonds is 10. The number of hydrogen-bond acceptors (Lipinski definition) is 5. The first-order valence-corrected chi connectivity index (χ1v) is 11.9. The topological polar surface area (TPSA) is 67.2 Å². The fourth-order valence-corrected chi connectivity index (χ4v) is 3.84. The summed E-state index contributed by atoms with van der Waals surface area (Å²) in [5, 5.41) is 12.3. The van der Waals surface area contributed by atoms with E-state index in [9.17, 15) is 0 Å². The normalized spacial score (nSPS) is 10.5. The van der Waals surface area contributed by atoms with Crippen LogP contribution in [-0.4, -0.2) is 17.2 Å². The van der Waals surface area contributed by atoms with E-state index in [1.54, 1.807) is 6.07 Å². The highest BCUT2D eigenvalue weighted by Gasteiger charge is 2.18. The summed E-state index contributed by atoms with van der Waals surface area (Å²) < 4.78 is 13.0. The number of ether oxygens (including phenoxy) is 2. The second kappa shape index (κ2) is 11.5. The van der Waals surface area contributed by atoms with E-state index in [0.29, 0.717) is 36.2 Å². The molecular weight excluding hydrogens is 490 g/mol. The number of anilines is 1. The summed E-state index contributed by atoms with van der Waals surface area (Å²) in [4.78, 5) is 4.63. The fourth-order valence-electron chi connectivity index (χ4n) is 3.48. The Kier molecular flexibility index (Phi) is 7.94. The first kappa shape index (κ1) is 23.5. The summed E-state index contributed by atoms with van der Waals surface area (Å²) in [7, 11) is 0. The minimum atomic E-state index is 0.327. The zero-order valence-electron chi connectivity index (χ0n) is 18.9. The molecule has 0 radical (unpaired) electrons. The first-order chi connectivity index (χ1) is 16.6. The van der Waals surface area contributed by atoms with Crippen LogP contribution in [0.4, 0.5) is 5.69 Å². The summed E-state index contributed by atoms with van der Waals surface area (Å²) in [6.07, 6.45) is 0. The molecule has 1 heterocycles. The number of halogens is 1. The van der Waals surface area contributed by atoms with Crippen molar-refractivity contribution in [2.24, 2.45) is 0 Å². The van der Waals surface area contributed by atoms with Crippen LogP contribution in [0.15, 0.2) is 95.5 Å². The van der Waals surface area contributed by atoms with Crippen molar-refractivity contribution in [2.75, 3.05) is 11.9 Å². The molecule has 0 fully saturated rings. The van der Waals surface area contributed by atoms with Crippen molar-refractivity contribution in [1.29, 1.82) is 5.41 Å². The lowest BCUT2D eigenvalue weighted by molar-refractivity contribution is 0.267. The second-order valence-electron chi connectivity index (χ2n) is 7.65. The van der Waals surface area contributed by atoms with E-state index in [0.717, 1.165) is 33.4 Å². The van der Waals surface area contributed by atoms with Gasteiger partial charge in [-0.1, -0.05) is 76.6 Å². The molecule has 0 saturated heterocycles. The molecule has 0 atom stereocenters. The first-order valence-electron chi connectivity index (χ1n) is 11.1. The highest BCUT2D eigenvalue weighted by Crippen LogP contribution is 2.29. The zero-order valence-corrected chi connectivity index (χ0v) is 20.5. The second-order valence-corrected chi connectivity index (χ2v) is 8.56. The zero-order chi connectivity index (χ0) is 23.8. The molecule has 0 aliphatic rings. The van der Waals surface area contributed by atoms with Crippen molar-refractivity contribution in [1.82, 2.24) is 4.98 Å². The molecule has 1 aromatic heterocycles. The lowest BCUT2D eigenvalue weighted by atomic mass is 10.0. The van der Waals surface area contributed by atoms with Crippen LogP contribution >= 0.6 is 15.9 Å². The Bertz CT molecular complexity index is 1250. The van der Waals surface area contributed by atoms with Crippen LogP contribution < -0.4 is 14.8 Å². The average Bonchev–Trinajstić information content (AvgIpc) is 2.87. The number of aromatic nitrogens is 1. The molecule has 5 nitrogen and oxygen atoms in total. The van der Waals surface area contributed by atoms with Crippen molar-refractivity contribution in [3.63, 3.8) is 0 Å². The molecule has 6 heteroatoms. The quantitative estimate of drug-likeness (QED) is 0.226. The minimum absolute atomic E-state index is 0.327. The Morgan fingerprint density at radius 2 is 1.44 bits per heavy atom. The Hall–Kier alpha value is -3.64. The predicted molar refractivity (Wildman–Crippen MR) is 140 cm³/mol. The Balaban J connectivity index is 1.64. The number of pyridine rings is 1. The third-order valence-corrected chi connectivity index (χ3v) is 5.66. The van der Waals surface area contributed by atoms with Gasteiger partial charge in [0.1, 0.15) is 13.2 Å². The van der Waals surface area contributed by atoms with E-state index >= 15 is 0 Å². The van der Waals surface area contributed by atoms with Gasteiger partial charge in [-0.15, -0.1) is 0 Å². The van der Waals surface area contributed by atoms with Gasteiger partial charge in [0.25, 0.3) is 0 Å². The lowest BCUT2D eigenvalue weighted by Crippen LogP contribution is -2.11. The smallest absolute Gasteiger partial charge is 0.226 e. The van der Waals surface area contributed by atoms with E-state index in [1.807, 2.05) is 91.9 Å². The SMILES string of the molecule is CCNc1cc(Br)ccc1C(=N)c1ccc(OCc2ccccc2)nc1OCc1ccccc1. The van der Waals surface area contributed by atoms with Gasteiger partial charge in [-0.05, 0) is 42.3 Å². The van der Waals surface area contributed by atoms with Gasteiger partial charge in [0.15, 0.2) is 0 Å². The molecule has 4 aromatic rings. The average molecular weight is 516 g/mol. The molecule has 0 aliphatic carbocycles. The van der Waals surface area contributed by atoms with Crippen LogP contribution in [0.3, 0.4) is 0 Å². The number of nitrogens with zero attached hydrogens (tertiary/aromatic N) is 1. The third-order valence-electron chi connectivity index (χ3n) is 5.17. The molecule has 0 saturated carbocycles. The van der Waals surface area contributed by atoms with Gasteiger partial charge in [-0.2, -0.15) is 4.98 Å². The van der Waals surface area contributed by atoms with Gasteiger partial charge in [-0.25, -0.2) is 0 Å². The minimum Gasteiger partial charge on any atom is -0.473 e. The highest BCUT2D eigenvalue weighted by molar-refractivity contribution is 9.10. The Morgan fingerprint density at radius 1 is 0.824 bits per heavy atom. The van der Waals surface area contributed by atoms with Crippen LogP contribution in [0.1, 0.15) is 29.2 Å². The highest BCUT2D eigenvalue weighted by atomic mass is 79.9. The Morgan fingerprint density at radius 3 is 2.09 bits per heavy atom. The molecule has 0 bridgehead atoms. The van der Waals surface area contributed by atoms with Gasteiger partial charge in [0.05, 0.1) is 11.3 Å². The molecule has 2 N–H and O–H groups in total. The van der Waals surface area contributed by atoms with Crippen molar-refractivity contribution >= 4 is 27.3 Å². The number of hydrogen-bond donors (Lipinski definition) is 2. The summed E-state index contributed by atoms with van der Waals surface area (Å²) >= 11 is 3.52. The number of benzene rings is 3. The van der Waals surface area contributed by atoms with Crippen LogP contribution in [0.2, 0.25) is 0 Å². The van der Waals surface area contributed by atoms with E-state index in [-0.39, 0.29) is 0 Å². The van der Waals surface area contributed by atoms with Gasteiger partial charge in [0, 0.05) is 28.3 Å². The summed E-state index contributed by atoms with van der Waals surface area (Å²) in [6, 6.07) is 29.3. The van der Waals surface area contributed by atoms with Crippen LogP contribution in [-0.2, 0) is 13.2 Å². The standard InChI is InChI=1S/C28H26BrN3O2/c1-2-31-25-17-22(29)13-14-23(25)27(30)24-15-16-26(33-18-20-9-5-3-6-10-20)32-28(24)34-19-21-11-7-4-8-12-21/h3-17,30-31H,2,18-19H2,1H3. The van der Waals surface area contributed by atoms with E-state index in [4.69, 9.17) is 14.9 Å². The summed E-state index contributed by atoms with van der Waals surface area (Å²) in [6.45, 7) is 3.53. The van der Waals surface area contributed by atoms with Crippen molar-refractivity contribution < 1.29 is 9.47 Å². The predicted octanol–water partition coefficient (Wildman–Crippen LogP) is 6.85. The monoisotopic (exact) mass is 515 g/mol. The maximum absolute atomic E-state index is 8.98. The van der Waals surface area contributed by atoms with Gasteiger partial charge < -0.3 is 14.8 Å². The van der Waals surface area contributed by atoms with E-state index in [2.05, 4.69) is 26.2 Å². The fraction of sp³-hybridized carbons (Fsp3) is 0.143. The van der Waals surface area contributed by atoms with Crippen molar-refractivity contribution in [3.05, 3.63) is 118 Å². The molecule has 0 amide bonds. The van der Waals surface area contributed by atoms with E-state index < -0.39 is 0 Å². The van der Waals surface area contributed by atoms with Gasteiger partial charge in [-0.3, -0.25) is 5.41 Å². The molecule has 4 rings (SSSR count). The van der Waals surface area contributed by atoms with Gasteiger partial charge in [0.2, 0.25) is 11.8 Å². The molecule has 0 spiro atoms. The largest absolute Gasteiger partial charge is 0.473 e. The Labute approximate surface area is 208 Å². The lowest BCUT2D eigenvalue weighted by Gasteiger charge is -2.16. The molecular formula is C28H26BrN3O2.